The third-order valence-electron chi connectivity index (χ3n) is 4.53. The summed E-state index contributed by atoms with van der Waals surface area (Å²) in [5.74, 6) is 0.738. The Morgan fingerprint density at radius 2 is 1.85 bits per heavy atom. The van der Waals surface area contributed by atoms with Gasteiger partial charge in [-0.15, -0.1) is 10.2 Å². The van der Waals surface area contributed by atoms with Crippen LogP contribution in [-0.4, -0.2) is 19.2 Å². The maximum Gasteiger partial charge on any atom is 0.262 e. The van der Waals surface area contributed by atoms with Crippen molar-refractivity contribution in [3.63, 3.8) is 0 Å². The van der Waals surface area contributed by atoms with E-state index in [0.29, 0.717) is 34.2 Å². The molecule has 0 aliphatic rings. The fourth-order valence-corrected chi connectivity index (χ4v) is 4.03. The Labute approximate surface area is 159 Å². The average molecular weight is 382 g/mol. The first-order valence-corrected chi connectivity index (χ1v) is 9.92. The van der Waals surface area contributed by atoms with Gasteiger partial charge in [0.05, 0.1) is 10.9 Å². The van der Waals surface area contributed by atoms with Gasteiger partial charge in [-0.05, 0) is 30.2 Å². The molecule has 0 saturated carbocycles. The SMILES string of the molecule is CCCCn1c(=O)c2ccccc2n2c(SCc3ccccc3F)nnc12. The molecule has 0 atom stereocenters. The number of halogens is 1. The van der Waals surface area contributed by atoms with Gasteiger partial charge >= 0.3 is 0 Å². The summed E-state index contributed by atoms with van der Waals surface area (Å²) < 4.78 is 17.5. The van der Waals surface area contributed by atoms with Gasteiger partial charge in [-0.1, -0.05) is 55.4 Å². The number of fused-ring (bicyclic) bond motifs is 3. The highest BCUT2D eigenvalue weighted by molar-refractivity contribution is 7.98. The molecule has 2 aromatic carbocycles. The number of thioether (sulfide) groups is 1. The van der Waals surface area contributed by atoms with Crippen molar-refractivity contribution in [2.24, 2.45) is 0 Å². The van der Waals surface area contributed by atoms with Crippen molar-refractivity contribution in [2.75, 3.05) is 0 Å². The Hall–Kier alpha value is -2.67. The summed E-state index contributed by atoms with van der Waals surface area (Å²) in [6, 6.07) is 14.2. The minimum atomic E-state index is -0.233. The van der Waals surface area contributed by atoms with Gasteiger partial charge in [-0.25, -0.2) is 4.39 Å². The predicted molar refractivity (Wildman–Crippen MR) is 106 cm³/mol. The molecule has 4 aromatic rings. The van der Waals surface area contributed by atoms with Crippen molar-refractivity contribution in [1.29, 1.82) is 0 Å². The monoisotopic (exact) mass is 382 g/mol. The van der Waals surface area contributed by atoms with Crippen molar-refractivity contribution in [3.8, 4) is 0 Å². The minimum absolute atomic E-state index is 0.0513. The van der Waals surface area contributed by atoms with Crippen LogP contribution in [0.25, 0.3) is 16.7 Å². The van der Waals surface area contributed by atoms with Crippen LogP contribution in [0.2, 0.25) is 0 Å². The van der Waals surface area contributed by atoms with Gasteiger partial charge in [0.2, 0.25) is 5.78 Å². The second kappa shape index (κ2) is 7.52. The van der Waals surface area contributed by atoms with Crippen molar-refractivity contribution in [1.82, 2.24) is 19.2 Å². The van der Waals surface area contributed by atoms with Gasteiger partial charge in [0, 0.05) is 12.3 Å². The van der Waals surface area contributed by atoms with Crippen LogP contribution < -0.4 is 5.56 Å². The van der Waals surface area contributed by atoms with Crippen LogP contribution in [0.15, 0.2) is 58.5 Å². The van der Waals surface area contributed by atoms with Gasteiger partial charge in [-0.2, -0.15) is 0 Å². The quantitative estimate of drug-likeness (QED) is 0.467. The molecule has 0 saturated heterocycles. The predicted octanol–water partition coefficient (Wildman–Crippen LogP) is 4.28. The third-order valence-corrected chi connectivity index (χ3v) is 5.51. The number of rotatable bonds is 6. The molecular weight excluding hydrogens is 363 g/mol. The zero-order valence-corrected chi connectivity index (χ0v) is 15.7. The Balaban J connectivity index is 1.84. The summed E-state index contributed by atoms with van der Waals surface area (Å²) in [7, 11) is 0. The molecule has 2 heterocycles. The van der Waals surface area contributed by atoms with E-state index in [9.17, 15) is 9.18 Å². The Morgan fingerprint density at radius 3 is 2.67 bits per heavy atom. The minimum Gasteiger partial charge on any atom is -0.276 e. The van der Waals surface area contributed by atoms with Crippen LogP contribution in [0, 0.1) is 5.82 Å². The zero-order valence-electron chi connectivity index (χ0n) is 14.9. The summed E-state index contributed by atoms with van der Waals surface area (Å²) in [6.07, 6.45) is 1.87. The molecule has 0 aliphatic heterocycles. The molecule has 2 aromatic heterocycles. The highest BCUT2D eigenvalue weighted by Crippen LogP contribution is 2.25. The maximum absolute atomic E-state index is 13.9. The van der Waals surface area contributed by atoms with Crippen LogP contribution in [0.1, 0.15) is 25.3 Å². The molecule has 27 heavy (non-hydrogen) atoms. The number of benzene rings is 2. The van der Waals surface area contributed by atoms with E-state index in [2.05, 4.69) is 17.1 Å². The number of hydrogen-bond acceptors (Lipinski definition) is 4. The highest BCUT2D eigenvalue weighted by atomic mass is 32.2. The van der Waals surface area contributed by atoms with Crippen molar-refractivity contribution in [3.05, 3.63) is 70.3 Å². The lowest BCUT2D eigenvalue weighted by molar-refractivity contribution is 0.617. The molecule has 0 spiro atoms. The number of nitrogens with zero attached hydrogens (tertiary/aromatic N) is 4. The van der Waals surface area contributed by atoms with Gasteiger partial charge in [0.15, 0.2) is 5.16 Å². The lowest BCUT2D eigenvalue weighted by atomic mass is 10.2. The third kappa shape index (κ3) is 3.23. The number of aromatic nitrogens is 4. The second-order valence-corrected chi connectivity index (χ2v) is 7.27. The van der Waals surface area contributed by atoms with E-state index >= 15 is 0 Å². The number of aryl methyl sites for hydroxylation is 1. The molecule has 0 amide bonds. The second-order valence-electron chi connectivity index (χ2n) is 6.33. The van der Waals surface area contributed by atoms with Crippen molar-refractivity contribution in [2.45, 2.75) is 37.2 Å². The van der Waals surface area contributed by atoms with Crippen LogP contribution in [0.3, 0.4) is 0 Å². The van der Waals surface area contributed by atoms with Gasteiger partial charge < -0.3 is 0 Å². The number of unbranched alkanes of at least 4 members (excludes halogenated alkanes) is 1. The summed E-state index contributed by atoms with van der Waals surface area (Å²) in [5.41, 5.74) is 1.33. The molecule has 0 radical (unpaired) electrons. The first-order valence-electron chi connectivity index (χ1n) is 8.93. The van der Waals surface area contributed by atoms with Gasteiger partial charge in [-0.3, -0.25) is 13.8 Å². The Kier molecular flexibility index (Phi) is 4.94. The standard InChI is InChI=1S/C20H19FN4OS/c1-2-3-12-24-18(26)15-9-5-7-11-17(15)25-19(24)22-23-20(25)27-13-14-8-4-6-10-16(14)21/h4-11H,2-3,12-13H2,1H3. The van der Waals surface area contributed by atoms with Crippen LogP contribution in [0.5, 0.6) is 0 Å². The van der Waals surface area contributed by atoms with Crippen molar-refractivity contribution >= 4 is 28.4 Å². The van der Waals surface area contributed by atoms with E-state index < -0.39 is 0 Å². The lowest BCUT2D eigenvalue weighted by Crippen LogP contribution is -2.23. The maximum atomic E-state index is 13.9. The molecule has 4 rings (SSSR count). The first-order chi connectivity index (χ1) is 13.2. The molecule has 0 N–H and O–H groups in total. The van der Waals surface area contributed by atoms with E-state index in [-0.39, 0.29) is 11.4 Å². The highest BCUT2D eigenvalue weighted by Gasteiger charge is 2.16. The summed E-state index contributed by atoms with van der Waals surface area (Å²) in [5, 5.41) is 9.85. The molecule has 138 valence electrons. The van der Waals surface area contributed by atoms with Crippen molar-refractivity contribution < 1.29 is 4.39 Å². The molecule has 0 fully saturated rings. The van der Waals surface area contributed by atoms with E-state index in [0.717, 1.165) is 18.4 Å². The molecule has 7 heteroatoms. The first kappa shape index (κ1) is 17.7. The Morgan fingerprint density at radius 1 is 1.07 bits per heavy atom. The van der Waals surface area contributed by atoms with Crippen LogP contribution in [0.4, 0.5) is 4.39 Å². The van der Waals surface area contributed by atoms with Gasteiger partial charge in [0.25, 0.3) is 5.56 Å². The normalized spacial score (nSPS) is 11.5. The lowest BCUT2D eigenvalue weighted by Gasteiger charge is -2.11. The topological polar surface area (TPSA) is 52.2 Å². The van der Waals surface area contributed by atoms with E-state index in [1.165, 1.54) is 17.8 Å². The average Bonchev–Trinajstić information content (AvgIpc) is 3.11. The summed E-state index contributed by atoms with van der Waals surface area (Å²) in [4.78, 5) is 12.9. The largest absolute Gasteiger partial charge is 0.276 e. The molecule has 0 unspecified atom stereocenters. The van der Waals surface area contributed by atoms with E-state index in [1.807, 2.05) is 34.7 Å². The van der Waals surface area contributed by atoms with Gasteiger partial charge in [0.1, 0.15) is 5.82 Å². The van der Waals surface area contributed by atoms with E-state index in [4.69, 9.17) is 0 Å². The Bertz CT molecular complexity index is 1170. The van der Waals surface area contributed by atoms with E-state index in [1.54, 1.807) is 16.7 Å². The van der Waals surface area contributed by atoms with Crippen LogP contribution in [-0.2, 0) is 12.3 Å². The molecule has 5 nitrogen and oxygen atoms in total. The fourth-order valence-electron chi connectivity index (χ4n) is 3.10. The zero-order chi connectivity index (χ0) is 18.8. The smallest absolute Gasteiger partial charge is 0.262 e. The summed E-state index contributed by atoms with van der Waals surface area (Å²) in [6.45, 7) is 2.68. The fraction of sp³-hybridized carbons (Fsp3) is 0.250. The molecule has 0 bridgehead atoms. The number of hydrogen-bond donors (Lipinski definition) is 0. The molecule has 0 aliphatic carbocycles. The summed E-state index contributed by atoms with van der Waals surface area (Å²) >= 11 is 1.41. The van der Waals surface area contributed by atoms with Crippen LogP contribution >= 0.6 is 11.8 Å². The molecular formula is C20H19FN4OS. The number of para-hydroxylation sites is 1.